The average Bonchev–Trinajstić information content (AvgIpc) is 2.46. The monoisotopic (exact) mass is 319 g/mol. The number of allylic oxidation sites excluding steroid dienone is 2. The van der Waals surface area contributed by atoms with Crippen LogP contribution in [-0.2, 0) is 4.79 Å². The van der Waals surface area contributed by atoms with Crippen LogP contribution in [0.1, 0.15) is 38.3 Å². The Hall–Kier alpha value is -2.43. The molecule has 0 radical (unpaired) electrons. The van der Waals surface area contributed by atoms with E-state index in [-0.39, 0.29) is 17.2 Å². The molecule has 0 aromatic heterocycles. The van der Waals surface area contributed by atoms with Crippen molar-refractivity contribution >= 4 is 11.5 Å². The maximum atomic E-state index is 13.0. The SMILES string of the molecule is C=C1C(C(=O)O)=CN(C(C)C)C(C)=C1c1cccc(C(F)F)c1. The number of aliphatic carboxylic acids is 1. The molecule has 0 aliphatic carbocycles. The normalized spacial score (nSPS) is 15.5. The van der Waals surface area contributed by atoms with Crippen LogP contribution in [-0.4, -0.2) is 22.0 Å². The van der Waals surface area contributed by atoms with E-state index in [0.717, 1.165) is 5.70 Å². The third kappa shape index (κ3) is 3.18. The fourth-order valence-electron chi connectivity index (χ4n) is 2.73. The van der Waals surface area contributed by atoms with Gasteiger partial charge >= 0.3 is 5.97 Å². The van der Waals surface area contributed by atoms with E-state index in [9.17, 15) is 18.7 Å². The first-order chi connectivity index (χ1) is 10.7. The highest BCUT2D eigenvalue weighted by Crippen LogP contribution is 2.38. The van der Waals surface area contributed by atoms with E-state index in [1.54, 1.807) is 18.3 Å². The van der Waals surface area contributed by atoms with E-state index in [1.165, 1.54) is 12.1 Å². The zero-order chi connectivity index (χ0) is 17.3. The van der Waals surface area contributed by atoms with Crippen LogP contribution >= 0.6 is 0 Å². The number of alkyl halides is 2. The Morgan fingerprint density at radius 3 is 2.48 bits per heavy atom. The maximum Gasteiger partial charge on any atom is 0.337 e. The molecule has 2 rings (SSSR count). The van der Waals surface area contributed by atoms with E-state index in [0.29, 0.717) is 16.7 Å². The summed E-state index contributed by atoms with van der Waals surface area (Å²) < 4.78 is 25.9. The summed E-state index contributed by atoms with van der Waals surface area (Å²) in [6.45, 7) is 9.57. The lowest BCUT2D eigenvalue weighted by atomic mass is 9.88. The summed E-state index contributed by atoms with van der Waals surface area (Å²) in [6, 6.07) is 6.01. The van der Waals surface area contributed by atoms with Crippen LogP contribution in [0, 0.1) is 0 Å². The van der Waals surface area contributed by atoms with Crippen LogP contribution in [0.25, 0.3) is 5.57 Å². The minimum atomic E-state index is -2.58. The second-order valence-corrected chi connectivity index (χ2v) is 5.71. The van der Waals surface area contributed by atoms with Crippen LogP contribution in [0.4, 0.5) is 8.78 Å². The number of carbonyl (C=O) groups is 1. The van der Waals surface area contributed by atoms with Gasteiger partial charge in [0.2, 0.25) is 0 Å². The van der Waals surface area contributed by atoms with Gasteiger partial charge in [0.1, 0.15) is 0 Å². The molecule has 0 saturated heterocycles. The summed E-state index contributed by atoms with van der Waals surface area (Å²) in [6.07, 6.45) is -1.03. The van der Waals surface area contributed by atoms with Gasteiger partial charge in [-0.1, -0.05) is 24.8 Å². The molecule has 1 aliphatic rings. The van der Waals surface area contributed by atoms with Gasteiger partial charge in [0.25, 0.3) is 6.43 Å². The molecule has 0 fully saturated rings. The number of carboxylic acid groups (broad SMARTS) is 1. The Morgan fingerprint density at radius 2 is 1.96 bits per heavy atom. The second kappa shape index (κ2) is 6.36. The number of hydrogen-bond donors (Lipinski definition) is 1. The maximum absolute atomic E-state index is 13.0. The standard InChI is InChI=1S/C18H19F2NO2/c1-10(2)21-9-15(18(22)23)11(3)16(12(21)4)13-6-5-7-14(8-13)17(19)20/h5-10,17H,3H2,1-2,4H3,(H,22,23). The van der Waals surface area contributed by atoms with Crippen molar-refractivity contribution in [3.63, 3.8) is 0 Å². The predicted molar refractivity (Wildman–Crippen MR) is 85.8 cm³/mol. The predicted octanol–water partition coefficient (Wildman–Crippen LogP) is 4.60. The van der Waals surface area contributed by atoms with Crippen molar-refractivity contribution in [3.8, 4) is 0 Å². The van der Waals surface area contributed by atoms with Crippen molar-refractivity contribution in [2.24, 2.45) is 0 Å². The lowest BCUT2D eigenvalue weighted by Gasteiger charge is -2.33. The number of nitrogens with zero attached hydrogens (tertiary/aromatic N) is 1. The highest BCUT2D eigenvalue weighted by molar-refractivity contribution is 6.01. The highest BCUT2D eigenvalue weighted by Gasteiger charge is 2.27. The minimum Gasteiger partial charge on any atom is -0.478 e. The molecular formula is C18H19F2NO2. The molecule has 23 heavy (non-hydrogen) atoms. The number of rotatable bonds is 4. The number of halogens is 2. The second-order valence-electron chi connectivity index (χ2n) is 5.71. The molecule has 0 spiro atoms. The van der Waals surface area contributed by atoms with Gasteiger partial charge < -0.3 is 10.0 Å². The molecule has 1 heterocycles. The molecule has 1 aliphatic heterocycles. The minimum absolute atomic E-state index is 0.0331. The van der Waals surface area contributed by atoms with Gasteiger partial charge in [-0.3, -0.25) is 0 Å². The highest BCUT2D eigenvalue weighted by atomic mass is 19.3. The first-order valence-electron chi connectivity index (χ1n) is 7.26. The molecular weight excluding hydrogens is 300 g/mol. The fourth-order valence-corrected chi connectivity index (χ4v) is 2.73. The first-order valence-corrected chi connectivity index (χ1v) is 7.26. The molecule has 1 N–H and O–H groups in total. The molecule has 122 valence electrons. The quantitative estimate of drug-likeness (QED) is 0.881. The van der Waals surface area contributed by atoms with Gasteiger partial charge in [-0.25, -0.2) is 13.6 Å². The van der Waals surface area contributed by atoms with E-state index in [4.69, 9.17) is 0 Å². The molecule has 0 bridgehead atoms. The molecule has 3 nitrogen and oxygen atoms in total. The molecule has 0 unspecified atom stereocenters. The number of benzene rings is 1. The lowest BCUT2D eigenvalue weighted by Crippen LogP contribution is -2.29. The Balaban J connectivity index is 2.62. The van der Waals surface area contributed by atoms with Crippen LogP contribution in [0.3, 0.4) is 0 Å². The third-order valence-corrected chi connectivity index (χ3v) is 3.86. The zero-order valence-corrected chi connectivity index (χ0v) is 13.3. The topological polar surface area (TPSA) is 40.5 Å². The Kier molecular flexibility index (Phi) is 4.68. The fraction of sp³-hybridized carbons (Fsp3) is 0.278. The van der Waals surface area contributed by atoms with E-state index < -0.39 is 12.4 Å². The summed E-state index contributed by atoms with van der Waals surface area (Å²) in [5.74, 6) is -1.09. The zero-order valence-electron chi connectivity index (χ0n) is 13.3. The summed E-state index contributed by atoms with van der Waals surface area (Å²) in [4.78, 5) is 13.3. The van der Waals surface area contributed by atoms with E-state index >= 15 is 0 Å². The molecule has 0 atom stereocenters. The molecule has 5 heteroatoms. The van der Waals surface area contributed by atoms with Gasteiger partial charge in [-0.15, -0.1) is 0 Å². The van der Waals surface area contributed by atoms with Crippen LogP contribution < -0.4 is 0 Å². The summed E-state index contributed by atoms with van der Waals surface area (Å²) in [7, 11) is 0. The van der Waals surface area contributed by atoms with Gasteiger partial charge in [0.15, 0.2) is 0 Å². The van der Waals surface area contributed by atoms with Crippen LogP contribution in [0.5, 0.6) is 0 Å². The largest absolute Gasteiger partial charge is 0.478 e. The number of hydrogen-bond acceptors (Lipinski definition) is 2. The Morgan fingerprint density at radius 1 is 1.30 bits per heavy atom. The first kappa shape index (κ1) is 16.9. The lowest BCUT2D eigenvalue weighted by molar-refractivity contribution is -0.132. The van der Waals surface area contributed by atoms with Crippen molar-refractivity contribution < 1.29 is 18.7 Å². The number of carboxylic acids is 1. The van der Waals surface area contributed by atoms with Crippen molar-refractivity contribution in [1.82, 2.24) is 4.90 Å². The molecule has 0 saturated carbocycles. The Bertz CT molecular complexity index is 717. The summed E-state index contributed by atoms with van der Waals surface area (Å²) >= 11 is 0. The molecule has 1 aromatic carbocycles. The summed E-state index contributed by atoms with van der Waals surface area (Å²) in [5.41, 5.74) is 2.23. The van der Waals surface area contributed by atoms with E-state index in [1.807, 2.05) is 25.7 Å². The van der Waals surface area contributed by atoms with Crippen LogP contribution in [0.2, 0.25) is 0 Å². The van der Waals surface area contributed by atoms with Crippen LogP contribution in [0.15, 0.2) is 53.9 Å². The Labute approximate surface area is 134 Å². The van der Waals surface area contributed by atoms with Crippen molar-refractivity contribution in [3.05, 3.63) is 65.0 Å². The summed E-state index contributed by atoms with van der Waals surface area (Å²) in [5, 5.41) is 9.40. The third-order valence-electron chi connectivity index (χ3n) is 3.86. The van der Waals surface area contributed by atoms with E-state index in [2.05, 4.69) is 6.58 Å². The smallest absolute Gasteiger partial charge is 0.337 e. The molecule has 1 aromatic rings. The van der Waals surface area contributed by atoms with Gasteiger partial charge in [0, 0.05) is 29.1 Å². The van der Waals surface area contributed by atoms with Gasteiger partial charge in [-0.2, -0.15) is 0 Å². The average molecular weight is 319 g/mol. The van der Waals surface area contributed by atoms with Gasteiger partial charge in [0.05, 0.1) is 5.57 Å². The van der Waals surface area contributed by atoms with Crippen molar-refractivity contribution in [2.45, 2.75) is 33.2 Å². The van der Waals surface area contributed by atoms with Crippen molar-refractivity contribution in [1.29, 1.82) is 0 Å². The van der Waals surface area contributed by atoms with Gasteiger partial charge in [-0.05, 0) is 38.0 Å². The van der Waals surface area contributed by atoms with Crippen molar-refractivity contribution in [2.75, 3.05) is 0 Å². The molecule has 0 amide bonds.